The minimum atomic E-state index is -0.608. The van der Waals surface area contributed by atoms with Crippen LogP contribution in [0.5, 0.6) is 18.0 Å². The van der Waals surface area contributed by atoms with Crippen LogP contribution in [-0.4, -0.2) is 45.0 Å². The molecule has 0 aliphatic carbocycles. The molecule has 12 nitrogen and oxygen atoms in total. The van der Waals surface area contributed by atoms with E-state index in [0.717, 1.165) is 13.7 Å². The molecule has 0 aromatic carbocycles. The van der Waals surface area contributed by atoms with E-state index in [1.165, 1.54) is 42.5 Å². The number of rotatable bonds is 3. The first-order valence-corrected chi connectivity index (χ1v) is 6.92. The van der Waals surface area contributed by atoms with Crippen molar-refractivity contribution in [2.45, 2.75) is 0 Å². The highest BCUT2D eigenvalue weighted by molar-refractivity contribution is 5.00. The fraction of sp³-hybridized carbons (Fsp3) is 0.538. The lowest BCUT2D eigenvalue weighted by Gasteiger charge is -2.02. The van der Waals surface area contributed by atoms with Crippen molar-refractivity contribution in [2.24, 2.45) is 28.2 Å². The zero-order valence-corrected chi connectivity index (χ0v) is 15.1. The van der Waals surface area contributed by atoms with Crippen LogP contribution in [0.15, 0.2) is 14.4 Å². The summed E-state index contributed by atoms with van der Waals surface area (Å²) in [7, 11) is 10.2. The molecule has 0 radical (unpaired) electrons. The number of aromatic nitrogens is 6. The maximum Gasteiger partial charge on any atom is 0.478 e. The van der Waals surface area contributed by atoms with Crippen molar-refractivity contribution >= 4 is 0 Å². The highest BCUT2D eigenvalue weighted by atomic mass is 16.5. The van der Waals surface area contributed by atoms with Crippen molar-refractivity contribution in [3.63, 3.8) is 0 Å². The number of hydrogen-bond acceptors (Lipinski definition) is 8. The van der Waals surface area contributed by atoms with Gasteiger partial charge in [0.15, 0.2) is 0 Å². The summed E-state index contributed by atoms with van der Waals surface area (Å²) in [5.74, 6) is 0. The summed E-state index contributed by atoms with van der Waals surface area (Å²) in [5, 5.41) is 0. The van der Waals surface area contributed by atoms with Crippen molar-refractivity contribution in [3.8, 4) is 18.0 Å². The Morgan fingerprint density at radius 1 is 0.720 bits per heavy atom. The van der Waals surface area contributed by atoms with Gasteiger partial charge in [0.25, 0.3) is 0 Å². The van der Waals surface area contributed by atoms with E-state index in [-0.39, 0.29) is 6.01 Å². The van der Waals surface area contributed by atoms with Crippen molar-refractivity contribution in [1.29, 1.82) is 0 Å². The van der Waals surface area contributed by atoms with E-state index in [1.807, 2.05) is 0 Å². The van der Waals surface area contributed by atoms with E-state index in [9.17, 15) is 14.4 Å². The molecule has 0 amide bonds. The number of methoxy groups -OCH3 is 3. The molecule has 0 atom stereocenters. The predicted molar refractivity (Wildman–Crippen MR) is 85.0 cm³/mol. The summed E-state index contributed by atoms with van der Waals surface area (Å²) < 4.78 is 19.0. The SMILES string of the molecule is COc1nc(OC)[n+](C)c(OC)n1.Cn1c(=O)n(C)c(=O)n(C)c1=O. The van der Waals surface area contributed by atoms with Crippen LogP contribution >= 0.6 is 0 Å². The summed E-state index contributed by atoms with van der Waals surface area (Å²) >= 11 is 0. The van der Waals surface area contributed by atoms with Gasteiger partial charge in [-0.1, -0.05) is 0 Å². The van der Waals surface area contributed by atoms with Crippen molar-refractivity contribution in [3.05, 3.63) is 31.5 Å². The zero-order chi connectivity index (χ0) is 19.3. The van der Waals surface area contributed by atoms with Crippen LogP contribution in [-0.2, 0) is 28.2 Å². The smallest absolute Gasteiger partial charge is 0.444 e. The quantitative estimate of drug-likeness (QED) is 0.536. The van der Waals surface area contributed by atoms with Gasteiger partial charge in [-0.25, -0.2) is 28.1 Å². The molecule has 0 spiro atoms. The summed E-state index contributed by atoms with van der Waals surface area (Å²) in [6.07, 6.45) is 0. The van der Waals surface area contributed by atoms with E-state index < -0.39 is 17.1 Å². The topological polar surface area (TPSA) is 123 Å². The van der Waals surface area contributed by atoms with Crippen LogP contribution < -0.4 is 35.8 Å². The molecular formula is C13H21N6O6+. The van der Waals surface area contributed by atoms with Crippen molar-refractivity contribution in [2.75, 3.05) is 21.3 Å². The van der Waals surface area contributed by atoms with E-state index in [1.54, 1.807) is 11.6 Å². The minimum Gasteiger partial charge on any atom is -0.444 e. The zero-order valence-electron chi connectivity index (χ0n) is 15.1. The van der Waals surface area contributed by atoms with Gasteiger partial charge in [-0.2, -0.15) is 4.57 Å². The molecule has 0 saturated heterocycles. The number of ether oxygens (including phenoxy) is 3. The maximum atomic E-state index is 11.1. The van der Waals surface area contributed by atoms with E-state index >= 15 is 0 Å². The highest BCUT2D eigenvalue weighted by Gasteiger charge is 2.21. The first-order valence-electron chi connectivity index (χ1n) is 6.92. The molecular weight excluding hydrogens is 336 g/mol. The molecule has 0 aliphatic heterocycles. The van der Waals surface area contributed by atoms with Crippen LogP contribution in [0.4, 0.5) is 0 Å². The van der Waals surface area contributed by atoms with Crippen molar-refractivity contribution < 1.29 is 18.8 Å². The fourth-order valence-electron chi connectivity index (χ4n) is 1.80. The van der Waals surface area contributed by atoms with Crippen LogP contribution in [0.3, 0.4) is 0 Å². The van der Waals surface area contributed by atoms with Gasteiger partial charge >= 0.3 is 35.1 Å². The monoisotopic (exact) mass is 357 g/mol. The van der Waals surface area contributed by atoms with E-state index in [2.05, 4.69) is 9.97 Å². The van der Waals surface area contributed by atoms with Gasteiger partial charge in [-0.3, -0.25) is 0 Å². The van der Waals surface area contributed by atoms with Gasteiger partial charge in [-0.05, 0) is 0 Å². The van der Waals surface area contributed by atoms with Gasteiger partial charge in [0.1, 0.15) is 0 Å². The Bertz CT molecular complexity index is 801. The van der Waals surface area contributed by atoms with Gasteiger partial charge in [0, 0.05) is 31.1 Å². The van der Waals surface area contributed by atoms with E-state index in [0.29, 0.717) is 12.0 Å². The Balaban J connectivity index is 0.000000251. The fourth-order valence-corrected chi connectivity index (χ4v) is 1.80. The second kappa shape index (κ2) is 8.08. The largest absolute Gasteiger partial charge is 0.478 e. The number of nitrogens with zero attached hydrogens (tertiary/aromatic N) is 6. The summed E-state index contributed by atoms with van der Waals surface area (Å²) in [5.41, 5.74) is -1.82. The molecule has 2 aromatic heterocycles. The third-order valence-corrected chi connectivity index (χ3v) is 3.23. The van der Waals surface area contributed by atoms with Crippen LogP contribution in [0.2, 0.25) is 0 Å². The molecule has 2 aromatic rings. The second-order valence-corrected chi connectivity index (χ2v) is 4.77. The lowest BCUT2D eigenvalue weighted by Crippen LogP contribution is -2.51. The molecule has 0 unspecified atom stereocenters. The molecule has 12 heteroatoms. The highest BCUT2D eigenvalue weighted by Crippen LogP contribution is 2.09. The first kappa shape index (κ1) is 19.9. The van der Waals surface area contributed by atoms with Gasteiger partial charge in [-0.15, -0.1) is 0 Å². The molecule has 25 heavy (non-hydrogen) atoms. The lowest BCUT2D eigenvalue weighted by molar-refractivity contribution is -0.688. The third-order valence-electron chi connectivity index (χ3n) is 3.23. The maximum absolute atomic E-state index is 11.1. The van der Waals surface area contributed by atoms with Crippen LogP contribution in [0.25, 0.3) is 0 Å². The molecule has 0 aliphatic rings. The average molecular weight is 357 g/mol. The van der Waals surface area contributed by atoms with Crippen LogP contribution in [0.1, 0.15) is 0 Å². The molecule has 2 heterocycles. The third kappa shape index (κ3) is 4.02. The Hall–Kier alpha value is -3.18. The Labute approximate surface area is 142 Å². The normalized spacial score (nSPS) is 9.88. The summed E-state index contributed by atoms with van der Waals surface area (Å²) in [4.78, 5) is 41.1. The molecule has 138 valence electrons. The second-order valence-electron chi connectivity index (χ2n) is 4.77. The Morgan fingerprint density at radius 2 is 1.04 bits per heavy atom. The molecule has 2 rings (SSSR count). The lowest BCUT2D eigenvalue weighted by atomic mass is 10.8. The Morgan fingerprint density at radius 3 is 1.28 bits per heavy atom. The Kier molecular flexibility index (Phi) is 6.42. The number of hydrogen-bond donors (Lipinski definition) is 0. The van der Waals surface area contributed by atoms with Gasteiger partial charge in [0.05, 0.1) is 28.4 Å². The summed E-state index contributed by atoms with van der Waals surface area (Å²) in [6, 6.07) is 0.971. The molecule has 0 saturated carbocycles. The molecule has 0 fully saturated rings. The van der Waals surface area contributed by atoms with Gasteiger partial charge < -0.3 is 14.2 Å². The standard InChI is InChI=1S/C7H12N3O3.C6H9N3O3/c1-10-6(12-3)8-5(11-2)9-7(10)13-4;1-7-4(10)8(2)6(12)9(3)5(7)11/h1-4H3;1-3H3/q+1;. The molecule has 0 bridgehead atoms. The van der Waals surface area contributed by atoms with Gasteiger partial charge in [0.2, 0.25) is 0 Å². The minimum absolute atomic E-state index is 0.215. The first-order chi connectivity index (χ1) is 11.7. The van der Waals surface area contributed by atoms with Crippen molar-refractivity contribution in [1.82, 2.24) is 23.7 Å². The average Bonchev–Trinajstić information content (AvgIpc) is 2.63. The molecule has 0 N–H and O–H groups in total. The van der Waals surface area contributed by atoms with E-state index in [4.69, 9.17) is 14.2 Å². The summed E-state index contributed by atoms with van der Waals surface area (Å²) in [6.45, 7) is 0. The van der Waals surface area contributed by atoms with Crippen LogP contribution in [0, 0.1) is 0 Å². The predicted octanol–water partition coefficient (Wildman–Crippen LogP) is -2.89.